The number of nitrogens with zero attached hydrogens (tertiary/aromatic N) is 3. The molecule has 2 aromatic heterocycles. The van der Waals surface area contributed by atoms with Crippen LogP contribution in [0.4, 0.5) is 4.39 Å². The summed E-state index contributed by atoms with van der Waals surface area (Å²) in [4.78, 5) is 21.3. The maximum absolute atomic E-state index is 14.4. The summed E-state index contributed by atoms with van der Waals surface area (Å²) in [5.41, 5.74) is 0.810. The first-order valence-corrected chi connectivity index (χ1v) is 8.85. The van der Waals surface area contributed by atoms with E-state index in [9.17, 15) is 9.18 Å². The Hall–Kier alpha value is -2.67. The van der Waals surface area contributed by atoms with Gasteiger partial charge in [-0.1, -0.05) is 18.2 Å². The molecule has 3 aromatic rings. The van der Waals surface area contributed by atoms with Crippen molar-refractivity contribution in [2.45, 2.75) is 11.1 Å². The number of imidazole rings is 1. The Morgan fingerprint density at radius 1 is 1.20 bits per heavy atom. The fourth-order valence-electron chi connectivity index (χ4n) is 2.58. The Balaban J connectivity index is 2.00. The molecule has 0 spiro atoms. The van der Waals surface area contributed by atoms with Crippen LogP contribution in [0.1, 0.15) is 27.8 Å². The number of hydrogen-bond acceptors (Lipinski definition) is 4. The Morgan fingerprint density at radius 2 is 2.00 bits per heavy atom. The molecule has 0 fully saturated rings. The zero-order valence-electron chi connectivity index (χ0n) is 13.8. The van der Waals surface area contributed by atoms with Gasteiger partial charge in [-0.05, 0) is 24.5 Å². The fraction of sp³-hybridized carbons (Fsp3) is 0.167. The number of aromatic nitrogens is 3. The van der Waals surface area contributed by atoms with Crippen molar-refractivity contribution < 1.29 is 9.18 Å². The first kappa shape index (κ1) is 17.2. The van der Waals surface area contributed by atoms with Crippen molar-refractivity contribution >= 4 is 17.7 Å². The number of halogens is 1. The second-order valence-electron chi connectivity index (χ2n) is 5.38. The van der Waals surface area contributed by atoms with Crippen LogP contribution in [0.5, 0.6) is 0 Å². The van der Waals surface area contributed by atoms with Gasteiger partial charge in [0.25, 0.3) is 5.91 Å². The van der Waals surface area contributed by atoms with E-state index < -0.39 is 11.9 Å². The zero-order valence-corrected chi connectivity index (χ0v) is 14.6. The molecule has 1 N–H and O–H groups in total. The molecule has 0 radical (unpaired) electrons. The first-order chi connectivity index (χ1) is 12.1. The summed E-state index contributed by atoms with van der Waals surface area (Å²) in [5, 5.41) is 3.51. The maximum atomic E-state index is 14.4. The number of aryl methyl sites for hydroxylation is 1. The number of hydrogen-bond donors (Lipinski definition) is 1. The number of thioether (sulfide) groups is 1. The summed E-state index contributed by atoms with van der Waals surface area (Å²) in [7, 11) is 1.81. The van der Waals surface area contributed by atoms with Crippen LogP contribution < -0.4 is 5.32 Å². The molecule has 0 aliphatic carbocycles. The Bertz CT molecular complexity index is 896. The third-order valence-electron chi connectivity index (χ3n) is 3.82. The quantitative estimate of drug-likeness (QED) is 0.713. The van der Waals surface area contributed by atoms with Crippen LogP contribution in [0, 0.1) is 5.82 Å². The van der Waals surface area contributed by atoms with Gasteiger partial charge in [-0.25, -0.2) is 14.4 Å². The zero-order chi connectivity index (χ0) is 17.8. The lowest BCUT2D eigenvalue weighted by molar-refractivity contribution is 0.0937. The minimum Gasteiger partial charge on any atom is -0.338 e. The number of carbonyl (C=O) groups is 1. The van der Waals surface area contributed by atoms with Gasteiger partial charge in [-0.15, -0.1) is 11.8 Å². The normalized spacial score (nSPS) is 12.0. The largest absolute Gasteiger partial charge is 0.338 e. The van der Waals surface area contributed by atoms with Crippen LogP contribution in [0.15, 0.2) is 60.0 Å². The van der Waals surface area contributed by atoms with Crippen LogP contribution in [-0.2, 0) is 7.05 Å². The summed E-state index contributed by atoms with van der Waals surface area (Å²) in [6.45, 7) is 0. The van der Waals surface area contributed by atoms with Gasteiger partial charge in [0.05, 0.1) is 5.56 Å². The van der Waals surface area contributed by atoms with Crippen LogP contribution in [0.2, 0.25) is 0 Å². The number of nitrogens with one attached hydrogen (secondary N) is 1. The summed E-state index contributed by atoms with van der Waals surface area (Å²) < 4.78 is 16.1. The lowest BCUT2D eigenvalue weighted by atomic mass is 10.0. The highest BCUT2D eigenvalue weighted by Crippen LogP contribution is 2.25. The maximum Gasteiger partial charge on any atom is 0.254 e. The highest BCUT2D eigenvalue weighted by Gasteiger charge is 2.25. The molecule has 0 aliphatic heterocycles. The van der Waals surface area contributed by atoms with Crippen LogP contribution in [0.3, 0.4) is 0 Å². The molecule has 128 valence electrons. The van der Waals surface area contributed by atoms with Crippen LogP contribution in [-0.4, -0.2) is 26.7 Å². The summed E-state index contributed by atoms with van der Waals surface area (Å²) in [6.07, 6.45) is 6.86. The van der Waals surface area contributed by atoms with Gasteiger partial charge >= 0.3 is 0 Å². The topological polar surface area (TPSA) is 59.8 Å². The average molecular weight is 356 g/mol. The molecule has 1 atom stereocenters. The lowest BCUT2D eigenvalue weighted by Gasteiger charge is -2.20. The molecule has 0 unspecified atom stereocenters. The minimum atomic E-state index is -0.705. The van der Waals surface area contributed by atoms with Gasteiger partial charge < -0.3 is 9.88 Å². The molecule has 0 saturated heterocycles. The van der Waals surface area contributed by atoms with Crippen molar-refractivity contribution in [1.29, 1.82) is 0 Å². The third-order valence-corrected chi connectivity index (χ3v) is 4.53. The van der Waals surface area contributed by atoms with E-state index in [1.54, 1.807) is 60.5 Å². The monoisotopic (exact) mass is 356 g/mol. The molecule has 25 heavy (non-hydrogen) atoms. The van der Waals surface area contributed by atoms with Gasteiger partial charge in [-0.2, -0.15) is 0 Å². The van der Waals surface area contributed by atoms with Crippen molar-refractivity contribution in [1.82, 2.24) is 19.9 Å². The smallest absolute Gasteiger partial charge is 0.254 e. The van der Waals surface area contributed by atoms with Gasteiger partial charge in [0.1, 0.15) is 22.7 Å². The second kappa shape index (κ2) is 7.48. The summed E-state index contributed by atoms with van der Waals surface area (Å²) in [5.74, 6) is -0.172. The molecule has 1 amide bonds. The van der Waals surface area contributed by atoms with Gasteiger partial charge in [0, 0.05) is 31.2 Å². The van der Waals surface area contributed by atoms with E-state index in [4.69, 9.17) is 0 Å². The number of rotatable bonds is 5. The predicted molar refractivity (Wildman–Crippen MR) is 94.9 cm³/mol. The minimum absolute atomic E-state index is 0.325. The predicted octanol–water partition coefficient (Wildman–Crippen LogP) is 3.20. The molecule has 1 aromatic carbocycles. The first-order valence-electron chi connectivity index (χ1n) is 7.63. The van der Waals surface area contributed by atoms with Crippen LogP contribution >= 0.6 is 11.8 Å². The van der Waals surface area contributed by atoms with Gasteiger partial charge in [0.2, 0.25) is 0 Å². The van der Waals surface area contributed by atoms with Crippen molar-refractivity contribution in [3.05, 3.63) is 77.8 Å². The van der Waals surface area contributed by atoms with Crippen molar-refractivity contribution in [3.8, 4) is 0 Å². The van der Waals surface area contributed by atoms with Crippen molar-refractivity contribution in [2.24, 2.45) is 7.05 Å². The molecule has 5 nitrogen and oxygen atoms in total. The van der Waals surface area contributed by atoms with E-state index in [0.717, 1.165) is 0 Å². The number of carbonyl (C=O) groups excluding carboxylic acids is 1. The Morgan fingerprint density at radius 3 is 2.68 bits per heavy atom. The average Bonchev–Trinajstić information content (AvgIpc) is 3.06. The molecule has 3 rings (SSSR count). The molecule has 0 saturated carbocycles. The van der Waals surface area contributed by atoms with E-state index >= 15 is 0 Å². The van der Waals surface area contributed by atoms with E-state index in [1.807, 2.05) is 6.26 Å². The van der Waals surface area contributed by atoms with E-state index in [0.29, 0.717) is 22.0 Å². The Labute approximate surface area is 149 Å². The van der Waals surface area contributed by atoms with E-state index in [-0.39, 0.29) is 5.91 Å². The fourth-order valence-corrected chi connectivity index (χ4v) is 3.13. The molecule has 2 heterocycles. The number of amides is 1. The molecule has 0 aliphatic rings. The van der Waals surface area contributed by atoms with Gasteiger partial charge in [0.15, 0.2) is 0 Å². The number of benzene rings is 1. The molecular weight excluding hydrogens is 339 g/mol. The molecular formula is C18H17FN4OS. The number of pyridine rings is 1. The van der Waals surface area contributed by atoms with Crippen LogP contribution in [0.25, 0.3) is 0 Å². The van der Waals surface area contributed by atoms with E-state index in [1.165, 1.54) is 17.8 Å². The van der Waals surface area contributed by atoms with E-state index in [2.05, 4.69) is 15.3 Å². The Kier molecular flexibility index (Phi) is 5.14. The van der Waals surface area contributed by atoms with Crippen molar-refractivity contribution in [2.75, 3.05) is 6.26 Å². The third kappa shape index (κ3) is 3.56. The van der Waals surface area contributed by atoms with Gasteiger partial charge in [-0.3, -0.25) is 4.79 Å². The SMILES string of the molecule is CSc1ncccc1C(=O)N[C@H](c1ccccc1F)c1nccn1C. The molecule has 0 bridgehead atoms. The standard InChI is InChI=1S/C18H17FN4OS/c1-23-11-10-20-16(23)15(12-6-3-4-8-14(12)19)22-17(24)13-7-5-9-21-18(13)25-2/h3-11,15H,1-2H3,(H,22,24)/t15-/m1/s1. The lowest BCUT2D eigenvalue weighted by Crippen LogP contribution is -2.32. The molecule has 7 heteroatoms. The van der Waals surface area contributed by atoms with Crippen molar-refractivity contribution in [3.63, 3.8) is 0 Å². The summed E-state index contributed by atoms with van der Waals surface area (Å²) in [6, 6.07) is 9.06. The summed E-state index contributed by atoms with van der Waals surface area (Å²) >= 11 is 1.38. The second-order valence-corrected chi connectivity index (χ2v) is 6.18. The highest BCUT2D eigenvalue weighted by atomic mass is 32.2. The highest BCUT2D eigenvalue weighted by molar-refractivity contribution is 7.98.